The number of fused-ring (bicyclic) bond motifs is 9. The lowest BCUT2D eigenvalue weighted by molar-refractivity contribution is 0.596. The zero-order valence-electron chi connectivity index (χ0n) is 32.0. The van der Waals surface area contributed by atoms with Crippen LogP contribution in [0.1, 0.15) is 58.1 Å². The van der Waals surface area contributed by atoms with Gasteiger partial charge in [-0.05, 0) is 87.3 Å². The second kappa shape index (κ2) is 13.1. The van der Waals surface area contributed by atoms with Gasteiger partial charge in [-0.25, -0.2) is 0 Å². The highest BCUT2D eigenvalue weighted by Gasteiger charge is 2.34. The van der Waals surface area contributed by atoms with Crippen molar-refractivity contribution in [1.82, 2.24) is 4.57 Å². The first kappa shape index (κ1) is 33.6. The minimum Gasteiger partial charge on any atom is -0.469 e. The Morgan fingerprint density at radius 2 is 1.44 bits per heavy atom. The third-order valence-electron chi connectivity index (χ3n) is 11.6. The number of aryl methyl sites for hydroxylation is 1. The molecule has 0 aliphatic carbocycles. The molecule has 0 amide bonds. The molecular weight excluding hydrogens is 667 g/mol. The molecule has 1 aliphatic rings. The van der Waals surface area contributed by atoms with Gasteiger partial charge in [0, 0.05) is 44.0 Å². The Morgan fingerprint density at radius 3 is 2.25 bits per heavy atom. The van der Waals surface area contributed by atoms with Gasteiger partial charge in [0.2, 0.25) is 7.28 Å². The van der Waals surface area contributed by atoms with Gasteiger partial charge in [-0.15, -0.1) is 0 Å². The number of aromatic nitrogens is 1. The fourth-order valence-corrected chi connectivity index (χ4v) is 8.87. The van der Waals surface area contributed by atoms with Crippen molar-refractivity contribution in [2.45, 2.75) is 58.8 Å². The highest BCUT2D eigenvalue weighted by Crippen LogP contribution is 2.46. The van der Waals surface area contributed by atoms with E-state index in [1.807, 2.05) is 0 Å². The summed E-state index contributed by atoms with van der Waals surface area (Å²) in [6.07, 6.45) is 4.87. The predicted molar refractivity (Wildman–Crippen MR) is 236 cm³/mol. The maximum Gasteiger partial charge on any atom is 0.247 e. The average molecular weight is 712 g/mol. The van der Waals surface area contributed by atoms with E-state index in [0.717, 1.165) is 40.1 Å². The molecule has 1 radical (unpaired) electrons. The van der Waals surface area contributed by atoms with Crippen LogP contribution >= 0.6 is 0 Å². The summed E-state index contributed by atoms with van der Waals surface area (Å²) >= 11 is 0. The van der Waals surface area contributed by atoms with E-state index in [1.54, 1.807) is 0 Å². The number of anilines is 2. The second-order valence-corrected chi connectivity index (χ2v) is 16.2. The number of nitrogens with one attached hydrogen (secondary N) is 1. The molecule has 10 rings (SSSR count). The van der Waals surface area contributed by atoms with Gasteiger partial charge in [-0.3, -0.25) is 0 Å². The quantitative estimate of drug-likeness (QED) is 0.126. The van der Waals surface area contributed by atoms with Crippen LogP contribution in [0, 0.1) is 0 Å². The number of benzene rings is 7. The first-order chi connectivity index (χ1) is 26.9. The Labute approximate surface area is 323 Å². The van der Waals surface area contributed by atoms with Gasteiger partial charge in [0.15, 0.2) is 0 Å². The number of rotatable bonds is 8. The average Bonchev–Trinajstić information content (AvgIpc) is 3.75. The third-order valence-corrected chi connectivity index (χ3v) is 11.6. The molecular formula is C51H44BN2O. The van der Waals surface area contributed by atoms with E-state index in [0.29, 0.717) is 0 Å². The molecule has 55 heavy (non-hydrogen) atoms. The first-order valence-electron chi connectivity index (χ1n) is 19.8. The van der Waals surface area contributed by atoms with Crippen LogP contribution in [0.25, 0.3) is 71.5 Å². The molecule has 267 valence electrons. The van der Waals surface area contributed by atoms with Gasteiger partial charge >= 0.3 is 0 Å². The molecule has 0 saturated heterocycles. The van der Waals surface area contributed by atoms with Gasteiger partial charge in [0.05, 0.1) is 16.9 Å². The lowest BCUT2D eigenvalue weighted by atomic mass is 9.61. The maximum atomic E-state index is 6.87. The van der Waals surface area contributed by atoms with Crippen molar-refractivity contribution in [2.75, 3.05) is 5.32 Å². The molecule has 0 atom stereocenters. The molecule has 7 aromatic carbocycles. The predicted octanol–water partition coefficient (Wildman–Crippen LogP) is 12.8. The van der Waals surface area contributed by atoms with E-state index in [-0.39, 0.29) is 5.41 Å². The highest BCUT2D eigenvalue weighted by atomic mass is 16.3. The number of unbranched alkanes of at least 4 members (excludes halogenated alkanes) is 2. The minimum atomic E-state index is -0.132. The summed E-state index contributed by atoms with van der Waals surface area (Å²) in [6, 6.07) is 51.0. The van der Waals surface area contributed by atoms with Gasteiger partial charge in [-0.1, -0.05) is 150 Å². The first-order valence-corrected chi connectivity index (χ1v) is 19.8. The van der Waals surface area contributed by atoms with Crippen LogP contribution in [0.3, 0.4) is 0 Å². The summed E-state index contributed by atoms with van der Waals surface area (Å²) in [5.74, 6) is 0. The van der Waals surface area contributed by atoms with Crippen molar-refractivity contribution in [1.29, 1.82) is 0 Å². The largest absolute Gasteiger partial charge is 0.469 e. The molecule has 0 bridgehead atoms. The normalized spacial score (nSPS) is 12.4. The van der Waals surface area contributed by atoms with Crippen molar-refractivity contribution in [3.63, 3.8) is 0 Å². The Balaban J connectivity index is 1.25. The molecule has 0 fully saturated rings. The van der Waals surface area contributed by atoms with E-state index in [9.17, 15) is 0 Å². The summed E-state index contributed by atoms with van der Waals surface area (Å²) in [7, 11) is 2.31. The Hall–Kier alpha value is -6.00. The monoisotopic (exact) mass is 711 g/mol. The van der Waals surface area contributed by atoms with E-state index in [2.05, 4.69) is 184 Å². The number of furan rings is 1. The van der Waals surface area contributed by atoms with Crippen LogP contribution in [-0.2, 0) is 11.8 Å². The van der Waals surface area contributed by atoms with Crippen molar-refractivity contribution >= 4 is 73.3 Å². The molecule has 3 nitrogen and oxygen atoms in total. The standard InChI is InChI=1S/C51H44BN2O/c1-5-6-8-15-32-22-26-36(27-23-32)53-43-21-14-13-20-38(43)40-31-42(51(2,3)4)45-39-28-24-34-18-11-12-19-37(34)47(39)54-48-41-30-35(33-16-9-7-10-17-33)25-29-44(41)55-50(48)52-46(40)49(45)54/h7,9-14,16-31,53H,5-6,8,15H2,1-4H3. The van der Waals surface area contributed by atoms with Crippen molar-refractivity contribution in [3.05, 3.63) is 151 Å². The van der Waals surface area contributed by atoms with Crippen LogP contribution in [0.4, 0.5) is 11.4 Å². The topological polar surface area (TPSA) is 30.1 Å². The zero-order valence-corrected chi connectivity index (χ0v) is 32.0. The minimum absolute atomic E-state index is 0.132. The molecule has 9 aromatic rings. The molecule has 0 saturated carbocycles. The molecule has 0 unspecified atom stereocenters. The van der Waals surface area contributed by atoms with Crippen LogP contribution in [0.5, 0.6) is 0 Å². The summed E-state index contributed by atoms with van der Waals surface area (Å²) in [6.45, 7) is 9.31. The number of para-hydroxylation sites is 1. The molecule has 0 spiro atoms. The summed E-state index contributed by atoms with van der Waals surface area (Å²) in [5.41, 5.74) is 16.0. The number of hydrogen-bond acceptors (Lipinski definition) is 2. The van der Waals surface area contributed by atoms with Crippen LogP contribution in [0.2, 0.25) is 0 Å². The molecule has 1 aliphatic heterocycles. The maximum absolute atomic E-state index is 6.87. The Morgan fingerprint density at radius 1 is 0.655 bits per heavy atom. The smallest absolute Gasteiger partial charge is 0.247 e. The third kappa shape index (κ3) is 5.57. The van der Waals surface area contributed by atoms with Crippen LogP contribution in [-0.4, -0.2) is 11.8 Å². The molecule has 2 aromatic heterocycles. The van der Waals surface area contributed by atoms with Gasteiger partial charge in [0.1, 0.15) is 5.58 Å². The van der Waals surface area contributed by atoms with Gasteiger partial charge in [0.25, 0.3) is 0 Å². The fourth-order valence-electron chi connectivity index (χ4n) is 8.87. The van der Waals surface area contributed by atoms with Gasteiger partial charge in [-0.2, -0.15) is 0 Å². The second-order valence-electron chi connectivity index (χ2n) is 16.2. The van der Waals surface area contributed by atoms with E-state index in [1.165, 1.54) is 90.7 Å². The van der Waals surface area contributed by atoms with Crippen LogP contribution in [0.15, 0.2) is 144 Å². The van der Waals surface area contributed by atoms with E-state index < -0.39 is 0 Å². The van der Waals surface area contributed by atoms with Crippen molar-refractivity contribution in [3.8, 4) is 27.9 Å². The van der Waals surface area contributed by atoms with E-state index in [4.69, 9.17) is 4.42 Å². The van der Waals surface area contributed by atoms with Crippen molar-refractivity contribution in [2.24, 2.45) is 0 Å². The van der Waals surface area contributed by atoms with Gasteiger partial charge < -0.3 is 14.3 Å². The lowest BCUT2D eigenvalue weighted by Gasteiger charge is -2.27. The summed E-state index contributed by atoms with van der Waals surface area (Å²) in [4.78, 5) is 0. The van der Waals surface area contributed by atoms with Crippen LogP contribution < -0.4 is 16.4 Å². The number of nitrogens with zero attached hydrogens (tertiary/aromatic N) is 1. The number of hydrogen-bond donors (Lipinski definition) is 1. The molecule has 1 N–H and O–H groups in total. The SMILES string of the molecule is CCCCCc1ccc(Nc2ccccc2-c2cc(C(C)(C)C)c3c4ccc5ccccc5c4n4c3c2[B]c2oc3ccc(-c5ccccc5)cc3c2-4)cc1. The zero-order chi connectivity index (χ0) is 37.3. The Kier molecular flexibility index (Phi) is 7.99. The fraction of sp³-hybridized carbons (Fsp3) is 0.176. The molecule has 3 heterocycles. The highest BCUT2D eigenvalue weighted by molar-refractivity contribution is 6.73. The lowest BCUT2D eigenvalue weighted by Crippen LogP contribution is -2.36. The summed E-state index contributed by atoms with van der Waals surface area (Å²) < 4.78 is 9.41. The van der Waals surface area contributed by atoms with Crippen molar-refractivity contribution < 1.29 is 4.42 Å². The molecule has 4 heteroatoms. The Bertz CT molecular complexity index is 2910. The summed E-state index contributed by atoms with van der Waals surface area (Å²) in [5, 5.41) is 10.00. The van der Waals surface area contributed by atoms with E-state index >= 15 is 0 Å².